The summed E-state index contributed by atoms with van der Waals surface area (Å²) >= 11 is 15.6. The van der Waals surface area contributed by atoms with Crippen molar-refractivity contribution in [3.8, 4) is 0 Å². The number of rotatable bonds is 5. The van der Waals surface area contributed by atoms with Crippen molar-refractivity contribution in [1.82, 2.24) is 5.32 Å². The number of benzene rings is 2. The summed E-state index contributed by atoms with van der Waals surface area (Å²) in [7, 11) is 0. The van der Waals surface area contributed by atoms with Crippen LogP contribution in [0.25, 0.3) is 0 Å². The average Bonchev–Trinajstić information content (AvgIpc) is 2.46. The average molecular weight is 391 g/mol. The van der Waals surface area contributed by atoms with Gasteiger partial charge in [0, 0.05) is 15.1 Å². The summed E-state index contributed by atoms with van der Waals surface area (Å²) in [5.74, 6) is -0.320. The molecule has 2 rings (SSSR count). The summed E-state index contributed by atoms with van der Waals surface area (Å²) in [5, 5.41) is 4.41. The Kier molecular flexibility index (Phi) is 6.06. The molecule has 1 N–H and O–H groups in total. The molecule has 0 saturated heterocycles. The standard InChI is InChI=1S/C16H15BrCl2FN/c1-2-7-21-16(10-5-3-4-6-13(10)18)11-8-14(19)12(17)9-15(11)20/h3-6,8-9,16,21H,2,7H2,1H3. The lowest BCUT2D eigenvalue weighted by Gasteiger charge is -2.22. The topological polar surface area (TPSA) is 12.0 Å². The Morgan fingerprint density at radius 3 is 2.52 bits per heavy atom. The predicted molar refractivity (Wildman–Crippen MR) is 90.7 cm³/mol. The van der Waals surface area contributed by atoms with Crippen LogP contribution in [0.1, 0.15) is 30.5 Å². The van der Waals surface area contributed by atoms with Crippen molar-refractivity contribution >= 4 is 39.1 Å². The normalized spacial score (nSPS) is 12.4. The van der Waals surface area contributed by atoms with Crippen molar-refractivity contribution in [2.24, 2.45) is 0 Å². The zero-order valence-corrected chi connectivity index (χ0v) is 14.6. The summed E-state index contributed by atoms with van der Waals surface area (Å²) in [4.78, 5) is 0. The second-order valence-corrected chi connectivity index (χ2v) is 6.37. The van der Waals surface area contributed by atoms with E-state index in [1.165, 1.54) is 6.07 Å². The molecule has 5 heteroatoms. The van der Waals surface area contributed by atoms with Crippen LogP contribution in [0.5, 0.6) is 0 Å². The zero-order chi connectivity index (χ0) is 15.4. The lowest BCUT2D eigenvalue weighted by Crippen LogP contribution is -2.24. The number of nitrogens with one attached hydrogen (secondary N) is 1. The highest BCUT2D eigenvalue weighted by Crippen LogP contribution is 2.34. The van der Waals surface area contributed by atoms with Crippen LogP contribution in [0, 0.1) is 5.82 Å². The molecule has 0 spiro atoms. The molecule has 0 saturated carbocycles. The van der Waals surface area contributed by atoms with Crippen molar-refractivity contribution in [1.29, 1.82) is 0 Å². The Balaban J connectivity index is 2.51. The second-order valence-electron chi connectivity index (χ2n) is 4.70. The first-order valence-electron chi connectivity index (χ1n) is 6.66. The van der Waals surface area contributed by atoms with Crippen molar-refractivity contribution in [2.75, 3.05) is 6.54 Å². The summed E-state index contributed by atoms with van der Waals surface area (Å²) in [6, 6.07) is 10.1. The van der Waals surface area contributed by atoms with Gasteiger partial charge in [0.05, 0.1) is 11.1 Å². The first-order chi connectivity index (χ1) is 10.0. The van der Waals surface area contributed by atoms with Gasteiger partial charge in [0.15, 0.2) is 0 Å². The van der Waals surface area contributed by atoms with Gasteiger partial charge in [-0.3, -0.25) is 0 Å². The van der Waals surface area contributed by atoms with E-state index in [4.69, 9.17) is 23.2 Å². The van der Waals surface area contributed by atoms with Crippen molar-refractivity contribution in [3.05, 3.63) is 67.9 Å². The quantitative estimate of drug-likeness (QED) is 0.618. The summed E-state index contributed by atoms with van der Waals surface area (Å²) in [6.45, 7) is 2.81. The Morgan fingerprint density at radius 1 is 1.14 bits per heavy atom. The van der Waals surface area contributed by atoms with Crippen molar-refractivity contribution in [2.45, 2.75) is 19.4 Å². The smallest absolute Gasteiger partial charge is 0.129 e. The molecule has 0 amide bonds. The van der Waals surface area contributed by atoms with Crippen LogP contribution in [0.3, 0.4) is 0 Å². The van der Waals surface area contributed by atoms with Crippen LogP contribution >= 0.6 is 39.1 Å². The van der Waals surface area contributed by atoms with Gasteiger partial charge in [0.1, 0.15) is 5.82 Å². The van der Waals surface area contributed by atoms with Crippen molar-refractivity contribution in [3.63, 3.8) is 0 Å². The van der Waals surface area contributed by atoms with Gasteiger partial charge >= 0.3 is 0 Å². The Bertz CT molecular complexity index is 634. The molecule has 0 fully saturated rings. The Labute approximate surface area is 142 Å². The van der Waals surface area contributed by atoms with E-state index in [0.29, 0.717) is 20.1 Å². The van der Waals surface area contributed by atoms with Crippen LogP contribution < -0.4 is 5.32 Å². The van der Waals surface area contributed by atoms with E-state index in [2.05, 4.69) is 28.2 Å². The summed E-state index contributed by atoms with van der Waals surface area (Å²) in [6.07, 6.45) is 0.937. The van der Waals surface area contributed by atoms with E-state index in [-0.39, 0.29) is 11.9 Å². The second kappa shape index (κ2) is 7.59. The number of halogens is 4. The maximum atomic E-state index is 14.4. The minimum absolute atomic E-state index is 0.320. The number of hydrogen-bond donors (Lipinski definition) is 1. The third-order valence-corrected chi connectivity index (χ3v) is 4.71. The first-order valence-corrected chi connectivity index (χ1v) is 8.21. The highest BCUT2D eigenvalue weighted by atomic mass is 79.9. The molecule has 0 aliphatic heterocycles. The minimum Gasteiger partial charge on any atom is -0.306 e. The summed E-state index contributed by atoms with van der Waals surface area (Å²) in [5.41, 5.74) is 1.33. The van der Waals surface area contributed by atoms with Crippen LogP contribution in [-0.2, 0) is 0 Å². The van der Waals surface area contributed by atoms with Gasteiger partial charge in [0.2, 0.25) is 0 Å². The SMILES string of the molecule is CCCNC(c1cc(Cl)c(Br)cc1F)c1ccccc1Cl. The fourth-order valence-electron chi connectivity index (χ4n) is 2.14. The molecule has 0 bridgehead atoms. The van der Waals surface area contributed by atoms with Gasteiger partial charge in [-0.25, -0.2) is 4.39 Å². The van der Waals surface area contributed by atoms with Gasteiger partial charge in [-0.15, -0.1) is 0 Å². The van der Waals surface area contributed by atoms with E-state index in [9.17, 15) is 4.39 Å². The molecular weight excluding hydrogens is 376 g/mol. The lowest BCUT2D eigenvalue weighted by molar-refractivity contribution is 0.546. The monoisotopic (exact) mass is 389 g/mol. The van der Waals surface area contributed by atoms with Gasteiger partial charge < -0.3 is 5.32 Å². The van der Waals surface area contributed by atoms with E-state index >= 15 is 0 Å². The van der Waals surface area contributed by atoms with E-state index < -0.39 is 0 Å². The van der Waals surface area contributed by atoms with Crippen LogP contribution in [0.2, 0.25) is 10.0 Å². The van der Waals surface area contributed by atoms with Gasteiger partial charge in [-0.05, 0) is 52.7 Å². The highest BCUT2D eigenvalue weighted by Gasteiger charge is 2.21. The molecule has 2 aromatic carbocycles. The lowest BCUT2D eigenvalue weighted by atomic mass is 9.98. The maximum Gasteiger partial charge on any atom is 0.129 e. The molecule has 0 aliphatic carbocycles. The van der Waals surface area contributed by atoms with Crippen LogP contribution in [-0.4, -0.2) is 6.54 Å². The summed E-state index contributed by atoms with van der Waals surface area (Å²) < 4.78 is 14.9. The molecule has 112 valence electrons. The predicted octanol–water partition coefficient (Wildman–Crippen LogP) is 5.98. The number of hydrogen-bond acceptors (Lipinski definition) is 1. The Hall–Kier alpha value is -0.610. The van der Waals surface area contributed by atoms with E-state index in [0.717, 1.165) is 18.5 Å². The van der Waals surface area contributed by atoms with E-state index in [1.807, 2.05) is 18.2 Å². The molecule has 2 aromatic rings. The molecule has 0 radical (unpaired) electrons. The van der Waals surface area contributed by atoms with Crippen LogP contribution in [0.4, 0.5) is 4.39 Å². The zero-order valence-electron chi connectivity index (χ0n) is 11.5. The first kappa shape index (κ1) is 16.8. The molecule has 1 unspecified atom stereocenters. The molecule has 0 aliphatic rings. The van der Waals surface area contributed by atoms with Gasteiger partial charge in [-0.1, -0.05) is 48.3 Å². The Morgan fingerprint density at radius 2 is 1.86 bits per heavy atom. The molecule has 0 aromatic heterocycles. The maximum absolute atomic E-state index is 14.4. The third kappa shape index (κ3) is 3.98. The molecular formula is C16H15BrCl2FN. The van der Waals surface area contributed by atoms with E-state index in [1.54, 1.807) is 12.1 Å². The van der Waals surface area contributed by atoms with Gasteiger partial charge in [-0.2, -0.15) is 0 Å². The molecule has 1 atom stereocenters. The fraction of sp³-hybridized carbons (Fsp3) is 0.250. The third-order valence-electron chi connectivity index (χ3n) is 3.17. The minimum atomic E-state index is -0.329. The highest BCUT2D eigenvalue weighted by molar-refractivity contribution is 9.10. The van der Waals surface area contributed by atoms with Gasteiger partial charge in [0.25, 0.3) is 0 Å². The fourth-order valence-corrected chi connectivity index (χ4v) is 2.88. The van der Waals surface area contributed by atoms with Crippen molar-refractivity contribution < 1.29 is 4.39 Å². The van der Waals surface area contributed by atoms with Crippen LogP contribution in [0.15, 0.2) is 40.9 Å². The molecule has 21 heavy (non-hydrogen) atoms. The molecule has 1 nitrogen and oxygen atoms in total. The molecule has 0 heterocycles. The largest absolute Gasteiger partial charge is 0.306 e.